The van der Waals surface area contributed by atoms with Crippen molar-refractivity contribution in [3.63, 3.8) is 0 Å². The van der Waals surface area contributed by atoms with Gasteiger partial charge >= 0.3 is 0 Å². The van der Waals surface area contributed by atoms with Crippen LogP contribution >= 0.6 is 0 Å². The minimum atomic E-state index is -0.559. The molecule has 4 heteroatoms. The third-order valence-electron chi connectivity index (χ3n) is 3.13. The molecule has 0 aliphatic carbocycles. The molecule has 0 heterocycles. The molecule has 0 saturated carbocycles. The minimum absolute atomic E-state index is 0.186. The zero-order valence-corrected chi connectivity index (χ0v) is 11.4. The predicted octanol–water partition coefficient (Wildman–Crippen LogP) is 2.22. The highest BCUT2D eigenvalue weighted by molar-refractivity contribution is 5.39. The second kappa shape index (κ2) is 6.93. The number of phenolic OH excluding ortho intramolecular Hbond substituents is 1. The third-order valence-corrected chi connectivity index (χ3v) is 3.13. The number of aliphatic hydroxyl groups excluding tert-OH is 1. The van der Waals surface area contributed by atoms with Crippen molar-refractivity contribution in [3.05, 3.63) is 59.7 Å². The van der Waals surface area contributed by atoms with Gasteiger partial charge in [0.25, 0.3) is 0 Å². The van der Waals surface area contributed by atoms with Gasteiger partial charge in [0.1, 0.15) is 11.5 Å². The lowest BCUT2D eigenvalue weighted by molar-refractivity contribution is 0.174. The normalized spacial score (nSPS) is 12.1. The van der Waals surface area contributed by atoms with Gasteiger partial charge in [-0.2, -0.15) is 0 Å². The summed E-state index contributed by atoms with van der Waals surface area (Å²) in [7, 11) is 1.56. The van der Waals surface area contributed by atoms with Crippen LogP contribution in [0.15, 0.2) is 48.5 Å². The van der Waals surface area contributed by atoms with E-state index in [4.69, 9.17) is 4.74 Å². The van der Waals surface area contributed by atoms with Crippen LogP contribution in [-0.4, -0.2) is 23.9 Å². The standard InChI is InChI=1S/C16H19NO3/c1-20-14-8-7-13(15(18)9-14)10-17-11-16(19)12-5-3-2-4-6-12/h2-9,16-19H,10-11H2,1H3. The fourth-order valence-corrected chi connectivity index (χ4v) is 1.96. The van der Waals surface area contributed by atoms with Gasteiger partial charge in [-0.1, -0.05) is 36.4 Å². The van der Waals surface area contributed by atoms with Gasteiger partial charge in [-0.3, -0.25) is 0 Å². The van der Waals surface area contributed by atoms with E-state index in [1.54, 1.807) is 25.3 Å². The molecule has 0 aromatic heterocycles. The summed E-state index contributed by atoms with van der Waals surface area (Å²) in [5.74, 6) is 0.807. The van der Waals surface area contributed by atoms with Gasteiger partial charge in [0.15, 0.2) is 0 Å². The average Bonchev–Trinajstić information content (AvgIpc) is 2.49. The molecule has 1 atom stereocenters. The summed E-state index contributed by atoms with van der Waals surface area (Å²) >= 11 is 0. The second-order valence-electron chi connectivity index (χ2n) is 4.55. The van der Waals surface area contributed by atoms with E-state index in [0.29, 0.717) is 18.8 Å². The summed E-state index contributed by atoms with van der Waals surface area (Å²) in [6.07, 6.45) is -0.559. The van der Waals surface area contributed by atoms with Crippen molar-refractivity contribution >= 4 is 0 Å². The first-order chi connectivity index (χ1) is 9.70. The van der Waals surface area contributed by atoms with E-state index in [9.17, 15) is 10.2 Å². The number of ether oxygens (including phenoxy) is 1. The number of nitrogens with one attached hydrogen (secondary N) is 1. The van der Waals surface area contributed by atoms with Gasteiger partial charge in [0.05, 0.1) is 13.2 Å². The van der Waals surface area contributed by atoms with Crippen molar-refractivity contribution < 1.29 is 14.9 Å². The van der Waals surface area contributed by atoms with Gasteiger partial charge in [0, 0.05) is 24.7 Å². The number of benzene rings is 2. The van der Waals surface area contributed by atoms with E-state index in [1.807, 2.05) is 30.3 Å². The number of hydrogen-bond acceptors (Lipinski definition) is 4. The topological polar surface area (TPSA) is 61.7 Å². The molecule has 2 aromatic rings. The fourth-order valence-electron chi connectivity index (χ4n) is 1.96. The smallest absolute Gasteiger partial charge is 0.123 e. The maximum Gasteiger partial charge on any atom is 0.123 e. The first kappa shape index (κ1) is 14.4. The Morgan fingerprint density at radius 3 is 2.55 bits per heavy atom. The molecule has 4 nitrogen and oxygen atoms in total. The Kier molecular flexibility index (Phi) is 4.98. The van der Waals surface area contributed by atoms with Gasteiger partial charge < -0.3 is 20.3 Å². The van der Waals surface area contributed by atoms with Crippen molar-refractivity contribution in [2.45, 2.75) is 12.6 Å². The molecular weight excluding hydrogens is 254 g/mol. The summed E-state index contributed by atoms with van der Waals surface area (Å²) in [6.45, 7) is 0.912. The molecule has 0 saturated heterocycles. The molecule has 106 valence electrons. The third kappa shape index (κ3) is 3.73. The molecule has 0 amide bonds. The van der Waals surface area contributed by atoms with Gasteiger partial charge in [-0.25, -0.2) is 0 Å². The quantitative estimate of drug-likeness (QED) is 0.755. The van der Waals surface area contributed by atoms with Crippen LogP contribution < -0.4 is 10.1 Å². The van der Waals surface area contributed by atoms with E-state index >= 15 is 0 Å². The summed E-state index contributed by atoms with van der Waals surface area (Å²) in [5.41, 5.74) is 1.64. The molecule has 1 unspecified atom stereocenters. The zero-order chi connectivity index (χ0) is 14.4. The van der Waals surface area contributed by atoms with Gasteiger partial charge in [-0.05, 0) is 11.6 Å². The first-order valence-electron chi connectivity index (χ1n) is 6.50. The number of aliphatic hydroxyl groups is 1. The van der Waals surface area contributed by atoms with E-state index in [0.717, 1.165) is 11.1 Å². The summed E-state index contributed by atoms with van der Waals surface area (Å²) < 4.78 is 5.03. The summed E-state index contributed by atoms with van der Waals surface area (Å²) in [6, 6.07) is 14.7. The lowest BCUT2D eigenvalue weighted by Crippen LogP contribution is -2.21. The van der Waals surface area contributed by atoms with E-state index in [1.165, 1.54) is 0 Å². The van der Waals surface area contributed by atoms with Gasteiger partial charge in [-0.15, -0.1) is 0 Å². The molecule has 0 aliphatic heterocycles. The highest BCUT2D eigenvalue weighted by Gasteiger charge is 2.07. The highest BCUT2D eigenvalue weighted by atomic mass is 16.5. The van der Waals surface area contributed by atoms with Gasteiger partial charge in [0.2, 0.25) is 0 Å². The van der Waals surface area contributed by atoms with Crippen LogP contribution in [0.5, 0.6) is 11.5 Å². The summed E-state index contributed by atoms with van der Waals surface area (Å²) in [4.78, 5) is 0. The van der Waals surface area contributed by atoms with Crippen molar-refractivity contribution in [3.8, 4) is 11.5 Å². The monoisotopic (exact) mass is 273 g/mol. The molecule has 0 fully saturated rings. The van der Waals surface area contributed by atoms with Crippen molar-refractivity contribution in [1.82, 2.24) is 5.32 Å². The lowest BCUT2D eigenvalue weighted by atomic mass is 10.1. The highest BCUT2D eigenvalue weighted by Crippen LogP contribution is 2.23. The van der Waals surface area contributed by atoms with Crippen LogP contribution in [0, 0.1) is 0 Å². The molecule has 2 aromatic carbocycles. The van der Waals surface area contributed by atoms with Crippen LogP contribution in [0.3, 0.4) is 0 Å². The molecule has 0 aliphatic rings. The van der Waals surface area contributed by atoms with Crippen LogP contribution in [0.2, 0.25) is 0 Å². The predicted molar refractivity (Wildman–Crippen MR) is 77.8 cm³/mol. The van der Waals surface area contributed by atoms with Crippen molar-refractivity contribution in [1.29, 1.82) is 0 Å². The maximum atomic E-state index is 10.0. The minimum Gasteiger partial charge on any atom is -0.507 e. The molecular formula is C16H19NO3. The maximum absolute atomic E-state index is 10.0. The summed E-state index contributed by atoms with van der Waals surface area (Å²) in [5, 5.41) is 23.0. The number of hydrogen-bond donors (Lipinski definition) is 3. The van der Waals surface area contributed by atoms with Crippen LogP contribution in [-0.2, 0) is 6.54 Å². The Balaban J connectivity index is 1.87. The second-order valence-corrected chi connectivity index (χ2v) is 4.55. The number of rotatable bonds is 6. The lowest BCUT2D eigenvalue weighted by Gasteiger charge is -2.13. The molecule has 20 heavy (non-hydrogen) atoms. The largest absolute Gasteiger partial charge is 0.507 e. The molecule has 0 bridgehead atoms. The first-order valence-corrected chi connectivity index (χ1v) is 6.50. The van der Waals surface area contributed by atoms with Crippen molar-refractivity contribution in [2.24, 2.45) is 0 Å². The van der Waals surface area contributed by atoms with Crippen LogP contribution in [0.25, 0.3) is 0 Å². The van der Waals surface area contributed by atoms with E-state index in [-0.39, 0.29) is 5.75 Å². The van der Waals surface area contributed by atoms with E-state index < -0.39 is 6.10 Å². The Hall–Kier alpha value is -2.04. The van der Waals surface area contributed by atoms with E-state index in [2.05, 4.69) is 5.32 Å². The SMILES string of the molecule is COc1ccc(CNCC(O)c2ccccc2)c(O)c1. The number of phenols is 1. The molecule has 0 radical (unpaired) electrons. The fraction of sp³-hybridized carbons (Fsp3) is 0.250. The molecule has 2 rings (SSSR count). The number of methoxy groups -OCH3 is 1. The molecule has 3 N–H and O–H groups in total. The Morgan fingerprint density at radius 1 is 1.15 bits per heavy atom. The Bertz CT molecular complexity index is 543. The van der Waals surface area contributed by atoms with Crippen LogP contribution in [0.4, 0.5) is 0 Å². The number of aromatic hydroxyl groups is 1. The molecule has 0 spiro atoms. The Labute approximate surface area is 118 Å². The average molecular weight is 273 g/mol. The van der Waals surface area contributed by atoms with Crippen molar-refractivity contribution in [2.75, 3.05) is 13.7 Å². The Morgan fingerprint density at radius 2 is 1.90 bits per heavy atom. The van der Waals surface area contributed by atoms with Crippen LogP contribution in [0.1, 0.15) is 17.2 Å². The zero-order valence-electron chi connectivity index (χ0n) is 11.4.